The molecule has 128 valence electrons. The van der Waals surface area contributed by atoms with Gasteiger partial charge in [-0.1, -0.05) is 36.9 Å². The summed E-state index contributed by atoms with van der Waals surface area (Å²) in [4.78, 5) is 0. The molecule has 0 aliphatic rings. The Balaban J connectivity index is 2.20. The fourth-order valence-electron chi connectivity index (χ4n) is 2.17. The Morgan fingerprint density at radius 1 is 1.08 bits per heavy atom. The van der Waals surface area contributed by atoms with Crippen molar-refractivity contribution in [3.8, 4) is 5.75 Å². The van der Waals surface area contributed by atoms with E-state index in [0.29, 0.717) is 16.7 Å². The van der Waals surface area contributed by atoms with Crippen LogP contribution in [0.15, 0.2) is 49.0 Å². The van der Waals surface area contributed by atoms with Gasteiger partial charge in [-0.2, -0.15) is 13.2 Å². The number of rotatable bonds is 6. The molecule has 0 N–H and O–H groups in total. The molecule has 2 rings (SSSR count). The van der Waals surface area contributed by atoms with Crippen molar-refractivity contribution >= 4 is 6.08 Å². The molecule has 2 aromatic rings. The van der Waals surface area contributed by atoms with E-state index in [9.17, 15) is 22.0 Å². The van der Waals surface area contributed by atoms with Crippen LogP contribution in [-0.4, -0.2) is 6.43 Å². The van der Waals surface area contributed by atoms with Gasteiger partial charge in [-0.15, -0.1) is 0 Å². The summed E-state index contributed by atoms with van der Waals surface area (Å²) in [5, 5.41) is 0. The lowest BCUT2D eigenvalue weighted by Gasteiger charge is -2.13. The molecule has 0 saturated carbocycles. The fourth-order valence-corrected chi connectivity index (χ4v) is 2.17. The number of hydrogen-bond donors (Lipinski definition) is 0. The highest BCUT2D eigenvalue weighted by molar-refractivity contribution is 5.52. The normalized spacial score (nSPS) is 11.6. The zero-order chi connectivity index (χ0) is 17.7. The van der Waals surface area contributed by atoms with Crippen LogP contribution in [0.4, 0.5) is 22.0 Å². The van der Waals surface area contributed by atoms with Crippen LogP contribution in [0.5, 0.6) is 5.75 Å². The third-order valence-electron chi connectivity index (χ3n) is 3.35. The van der Waals surface area contributed by atoms with Gasteiger partial charge >= 0.3 is 6.18 Å². The molecule has 6 heteroatoms. The van der Waals surface area contributed by atoms with E-state index >= 15 is 0 Å². The van der Waals surface area contributed by atoms with E-state index in [2.05, 4.69) is 6.58 Å². The lowest BCUT2D eigenvalue weighted by molar-refractivity contribution is -0.137. The molecule has 0 bridgehead atoms. The van der Waals surface area contributed by atoms with Crippen LogP contribution in [0, 0.1) is 0 Å². The van der Waals surface area contributed by atoms with E-state index < -0.39 is 24.6 Å². The van der Waals surface area contributed by atoms with E-state index in [-0.39, 0.29) is 12.4 Å². The van der Waals surface area contributed by atoms with Crippen molar-refractivity contribution in [2.45, 2.75) is 25.6 Å². The monoisotopic (exact) mass is 342 g/mol. The van der Waals surface area contributed by atoms with Crippen LogP contribution in [0.25, 0.3) is 6.08 Å². The summed E-state index contributed by atoms with van der Waals surface area (Å²) in [6.45, 7) is 3.44. The van der Waals surface area contributed by atoms with Gasteiger partial charge in [0, 0.05) is 6.42 Å². The third-order valence-corrected chi connectivity index (χ3v) is 3.35. The predicted octanol–water partition coefficient (Wildman–Crippen LogP) is 5.74. The summed E-state index contributed by atoms with van der Waals surface area (Å²) < 4.78 is 68.9. The SMILES string of the molecule is C=Cc1ccc(CC(F)F)c(OCc2cccc(C(F)(F)F)c2)c1. The average Bonchev–Trinajstić information content (AvgIpc) is 2.53. The second-order valence-electron chi connectivity index (χ2n) is 5.15. The van der Waals surface area contributed by atoms with Crippen LogP contribution in [0.3, 0.4) is 0 Å². The largest absolute Gasteiger partial charge is 0.489 e. The lowest BCUT2D eigenvalue weighted by Crippen LogP contribution is -2.07. The molecule has 0 aliphatic heterocycles. The lowest BCUT2D eigenvalue weighted by atomic mass is 10.1. The van der Waals surface area contributed by atoms with Gasteiger partial charge in [0.1, 0.15) is 12.4 Å². The van der Waals surface area contributed by atoms with E-state index in [0.717, 1.165) is 12.1 Å². The molecular formula is C18H15F5O. The topological polar surface area (TPSA) is 9.23 Å². The van der Waals surface area contributed by atoms with Crippen LogP contribution in [0.1, 0.15) is 22.3 Å². The smallest absolute Gasteiger partial charge is 0.416 e. The first-order chi connectivity index (χ1) is 11.3. The summed E-state index contributed by atoms with van der Waals surface area (Å²) in [5.41, 5.74) is 0.489. The van der Waals surface area contributed by atoms with Gasteiger partial charge in [-0.05, 0) is 34.9 Å². The predicted molar refractivity (Wildman–Crippen MR) is 82.0 cm³/mol. The Morgan fingerprint density at radius 2 is 1.83 bits per heavy atom. The van der Waals surface area contributed by atoms with Gasteiger partial charge in [-0.3, -0.25) is 0 Å². The minimum absolute atomic E-state index is 0.152. The zero-order valence-corrected chi connectivity index (χ0v) is 12.6. The summed E-state index contributed by atoms with van der Waals surface area (Å²) in [6, 6.07) is 9.38. The maximum atomic E-state index is 12.7. The number of hydrogen-bond acceptors (Lipinski definition) is 1. The highest BCUT2D eigenvalue weighted by Gasteiger charge is 2.30. The van der Waals surface area contributed by atoms with Gasteiger partial charge in [0.15, 0.2) is 0 Å². The summed E-state index contributed by atoms with van der Waals surface area (Å²) >= 11 is 0. The van der Waals surface area contributed by atoms with Crippen molar-refractivity contribution in [2.75, 3.05) is 0 Å². The number of halogens is 5. The molecule has 0 saturated heterocycles. The Morgan fingerprint density at radius 3 is 2.46 bits per heavy atom. The minimum Gasteiger partial charge on any atom is -0.489 e. The first-order valence-corrected chi connectivity index (χ1v) is 7.12. The van der Waals surface area contributed by atoms with E-state index in [1.807, 2.05) is 0 Å². The molecular weight excluding hydrogens is 327 g/mol. The Bertz CT molecular complexity index is 707. The number of alkyl halides is 5. The highest BCUT2D eigenvalue weighted by Crippen LogP contribution is 2.30. The van der Waals surface area contributed by atoms with E-state index in [4.69, 9.17) is 4.74 Å². The highest BCUT2D eigenvalue weighted by atomic mass is 19.4. The number of ether oxygens (including phenoxy) is 1. The van der Waals surface area contributed by atoms with E-state index in [1.54, 1.807) is 12.1 Å². The molecule has 0 aromatic heterocycles. The van der Waals surface area contributed by atoms with Crippen LogP contribution >= 0.6 is 0 Å². The maximum Gasteiger partial charge on any atom is 0.416 e. The molecule has 0 spiro atoms. The first kappa shape index (κ1) is 18.0. The van der Waals surface area contributed by atoms with Gasteiger partial charge in [0.2, 0.25) is 6.43 Å². The zero-order valence-electron chi connectivity index (χ0n) is 12.6. The molecule has 0 aliphatic carbocycles. The van der Waals surface area contributed by atoms with Gasteiger partial charge in [-0.25, -0.2) is 8.78 Å². The Labute approximate surface area is 136 Å². The standard InChI is InChI=1S/C18H15F5O/c1-2-12-6-7-14(10-17(19)20)16(9-12)24-11-13-4-3-5-15(8-13)18(21,22)23/h2-9,17H,1,10-11H2. The van der Waals surface area contributed by atoms with Crippen molar-refractivity contribution in [1.82, 2.24) is 0 Å². The summed E-state index contributed by atoms with van der Waals surface area (Å²) in [5.74, 6) is 0.213. The molecule has 2 aromatic carbocycles. The van der Waals surface area contributed by atoms with Crippen molar-refractivity contribution < 1.29 is 26.7 Å². The van der Waals surface area contributed by atoms with Crippen LogP contribution in [0.2, 0.25) is 0 Å². The summed E-state index contributed by atoms with van der Waals surface area (Å²) in [7, 11) is 0. The van der Waals surface area contributed by atoms with Crippen LogP contribution < -0.4 is 4.74 Å². The molecule has 24 heavy (non-hydrogen) atoms. The maximum absolute atomic E-state index is 12.7. The molecule has 0 fully saturated rings. The minimum atomic E-state index is -4.44. The average molecular weight is 342 g/mol. The molecule has 0 unspecified atom stereocenters. The van der Waals surface area contributed by atoms with Crippen molar-refractivity contribution in [3.63, 3.8) is 0 Å². The van der Waals surface area contributed by atoms with Gasteiger partial charge < -0.3 is 4.74 Å². The quantitative estimate of drug-likeness (QED) is 0.609. The van der Waals surface area contributed by atoms with Crippen molar-refractivity contribution in [3.05, 3.63) is 71.3 Å². The second-order valence-corrected chi connectivity index (χ2v) is 5.15. The van der Waals surface area contributed by atoms with Gasteiger partial charge in [0.25, 0.3) is 0 Å². The van der Waals surface area contributed by atoms with Gasteiger partial charge in [0.05, 0.1) is 5.56 Å². The van der Waals surface area contributed by atoms with E-state index in [1.165, 1.54) is 24.3 Å². The second kappa shape index (κ2) is 7.47. The summed E-state index contributed by atoms with van der Waals surface area (Å²) in [6.07, 6.45) is -5.95. The Hall–Kier alpha value is -2.37. The van der Waals surface area contributed by atoms with Crippen molar-refractivity contribution in [2.24, 2.45) is 0 Å². The molecule has 0 atom stereocenters. The van der Waals surface area contributed by atoms with Crippen LogP contribution in [-0.2, 0) is 19.2 Å². The molecule has 1 nitrogen and oxygen atoms in total. The first-order valence-electron chi connectivity index (χ1n) is 7.12. The fraction of sp³-hybridized carbons (Fsp3) is 0.222. The van der Waals surface area contributed by atoms with Crippen molar-refractivity contribution in [1.29, 1.82) is 0 Å². The molecule has 0 heterocycles. The third kappa shape index (κ3) is 4.81. The molecule has 0 amide bonds. The Kier molecular flexibility index (Phi) is 5.59. The molecule has 0 radical (unpaired) electrons. The number of benzene rings is 2.